The summed E-state index contributed by atoms with van der Waals surface area (Å²) in [5.41, 5.74) is 1.85. The summed E-state index contributed by atoms with van der Waals surface area (Å²) in [5.74, 6) is 0.813. The number of benzene rings is 2. The van der Waals surface area contributed by atoms with Gasteiger partial charge in [-0.3, -0.25) is 10.1 Å². The van der Waals surface area contributed by atoms with Crippen LogP contribution in [0.1, 0.15) is 12.5 Å². The molecule has 0 saturated carbocycles. The molecule has 0 bridgehead atoms. The van der Waals surface area contributed by atoms with E-state index in [-0.39, 0.29) is 10.6 Å². The van der Waals surface area contributed by atoms with Gasteiger partial charge in [-0.15, -0.1) is 0 Å². The van der Waals surface area contributed by atoms with E-state index in [4.69, 9.17) is 4.74 Å². The number of para-hydroxylation sites is 1. The first kappa shape index (κ1) is 14.8. The van der Waals surface area contributed by atoms with Crippen molar-refractivity contribution in [2.45, 2.75) is 13.3 Å². The predicted octanol–water partition coefficient (Wildman–Crippen LogP) is 3.65. The summed E-state index contributed by atoms with van der Waals surface area (Å²) in [6.45, 7) is 3.19. The fraction of sp³-hybridized carbons (Fsp3) is 0.250. The van der Waals surface area contributed by atoms with Crippen LogP contribution in [0.4, 0.5) is 11.4 Å². The van der Waals surface area contributed by atoms with Crippen molar-refractivity contribution in [1.29, 1.82) is 0 Å². The smallest absolute Gasteiger partial charge is 0.272 e. The predicted molar refractivity (Wildman–Crippen MR) is 82.9 cm³/mol. The van der Waals surface area contributed by atoms with E-state index in [1.54, 1.807) is 12.1 Å². The molecule has 0 saturated heterocycles. The second-order valence-corrected chi connectivity index (χ2v) is 4.52. The van der Waals surface area contributed by atoms with Crippen molar-refractivity contribution in [2.75, 3.05) is 18.5 Å². The summed E-state index contributed by atoms with van der Waals surface area (Å²) in [4.78, 5) is 10.6. The molecular weight excluding hydrogens is 268 g/mol. The summed E-state index contributed by atoms with van der Waals surface area (Å²) in [7, 11) is 0. The summed E-state index contributed by atoms with van der Waals surface area (Å²) in [6.07, 6.45) is 0.593. The Labute approximate surface area is 123 Å². The van der Waals surface area contributed by atoms with Crippen molar-refractivity contribution in [3.8, 4) is 5.75 Å². The van der Waals surface area contributed by atoms with E-state index in [0.29, 0.717) is 19.6 Å². The van der Waals surface area contributed by atoms with E-state index in [2.05, 4.69) is 5.32 Å². The Morgan fingerprint density at radius 3 is 2.76 bits per heavy atom. The molecule has 5 nitrogen and oxygen atoms in total. The second-order valence-electron chi connectivity index (χ2n) is 4.52. The third kappa shape index (κ3) is 4.21. The van der Waals surface area contributed by atoms with Gasteiger partial charge in [-0.1, -0.05) is 24.3 Å². The van der Waals surface area contributed by atoms with Crippen molar-refractivity contribution >= 4 is 11.4 Å². The standard InChI is InChI=1S/C16H18N2O3/c1-2-21-15-8-5-7-14(12-15)17-11-10-13-6-3-4-9-16(13)18(19)20/h3-9,12,17H,2,10-11H2,1H3. The van der Waals surface area contributed by atoms with Crippen LogP contribution >= 0.6 is 0 Å². The van der Waals surface area contributed by atoms with Gasteiger partial charge in [-0.05, 0) is 25.5 Å². The van der Waals surface area contributed by atoms with E-state index < -0.39 is 0 Å². The lowest BCUT2D eigenvalue weighted by atomic mass is 10.1. The average Bonchev–Trinajstić information content (AvgIpc) is 2.48. The minimum atomic E-state index is -0.342. The van der Waals surface area contributed by atoms with E-state index in [1.165, 1.54) is 6.07 Å². The molecule has 0 atom stereocenters. The summed E-state index contributed by atoms with van der Waals surface area (Å²) < 4.78 is 5.43. The molecule has 0 aliphatic heterocycles. The van der Waals surface area contributed by atoms with Crippen LogP contribution in [0.3, 0.4) is 0 Å². The van der Waals surface area contributed by atoms with Gasteiger partial charge in [-0.2, -0.15) is 0 Å². The van der Waals surface area contributed by atoms with Crippen molar-refractivity contribution in [1.82, 2.24) is 0 Å². The van der Waals surface area contributed by atoms with Crippen LogP contribution < -0.4 is 10.1 Å². The fourth-order valence-corrected chi connectivity index (χ4v) is 2.10. The number of anilines is 1. The molecule has 0 aliphatic carbocycles. The number of hydrogen-bond donors (Lipinski definition) is 1. The molecule has 110 valence electrons. The molecule has 2 rings (SSSR count). The molecular formula is C16H18N2O3. The molecule has 0 radical (unpaired) electrons. The van der Waals surface area contributed by atoms with Gasteiger partial charge in [0.2, 0.25) is 0 Å². The molecule has 0 fully saturated rings. The Hall–Kier alpha value is -2.56. The van der Waals surface area contributed by atoms with Crippen LogP contribution in [0.2, 0.25) is 0 Å². The number of hydrogen-bond acceptors (Lipinski definition) is 4. The first-order valence-electron chi connectivity index (χ1n) is 6.89. The minimum Gasteiger partial charge on any atom is -0.494 e. The number of rotatable bonds is 7. The zero-order chi connectivity index (χ0) is 15.1. The SMILES string of the molecule is CCOc1cccc(NCCc2ccccc2[N+](=O)[O-])c1. The van der Waals surface area contributed by atoms with E-state index >= 15 is 0 Å². The van der Waals surface area contributed by atoms with Crippen molar-refractivity contribution in [3.05, 3.63) is 64.2 Å². The summed E-state index contributed by atoms with van der Waals surface area (Å²) >= 11 is 0. The number of nitrogens with one attached hydrogen (secondary N) is 1. The van der Waals surface area contributed by atoms with Crippen LogP contribution in [-0.4, -0.2) is 18.1 Å². The highest BCUT2D eigenvalue weighted by Crippen LogP contribution is 2.20. The lowest BCUT2D eigenvalue weighted by Crippen LogP contribution is -2.06. The van der Waals surface area contributed by atoms with Crippen molar-refractivity contribution in [3.63, 3.8) is 0 Å². The Bertz CT molecular complexity index is 614. The lowest BCUT2D eigenvalue weighted by molar-refractivity contribution is -0.385. The largest absolute Gasteiger partial charge is 0.494 e. The van der Waals surface area contributed by atoms with E-state index in [0.717, 1.165) is 17.0 Å². The quantitative estimate of drug-likeness (QED) is 0.623. The highest BCUT2D eigenvalue weighted by atomic mass is 16.6. The van der Waals surface area contributed by atoms with Gasteiger partial charge in [0, 0.05) is 29.9 Å². The van der Waals surface area contributed by atoms with Crippen LogP contribution in [-0.2, 0) is 6.42 Å². The molecule has 1 N–H and O–H groups in total. The first-order chi connectivity index (χ1) is 10.2. The molecule has 5 heteroatoms. The zero-order valence-corrected chi connectivity index (χ0v) is 11.9. The molecule has 0 spiro atoms. The first-order valence-corrected chi connectivity index (χ1v) is 6.89. The lowest BCUT2D eigenvalue weighted by Gasteiger charge is -2.09. The number of nitro benzene ring substituents is 1. The highest BCUT2D eigenvalue weighted by molar-refractivity contribution is 5.48. The van der Waals surface area contributed by atoms with Gasteiger partial charge < -0.3 is 10.1 Å². The number of nitro groups is 1. The summed E-state index contributed by atoms with van der Waals surface area (Å²) in [5, 5.41) is 14.2. The Morgan fingerprint density at radius 2 is 2.00 bits per heavy atom. The third-order valence-electron chi connectivity index (χ3n) is 3.06. The molecule has 0 aromatic heterocycles. The van der Waals surface area contributed by atoms with Crippen LogP contribution in [0.15, 0.2) is 48.5 Å². The van der Waals surface area contributed by atoms with Gasteiger partial charge in [-0.25, -0.2) is 0 Å². The normalized spacial score (nSPS) is 10.1. The van der Waals surface area contributed by atoms with Crippen LogP contribution in [0.5, 0.6) is 5.75 Å². The maximum Gasteiger partial charge on any atom is 0.272 e. The fourth-order valence-electron chi connectivity index (χ4n) is 2.10. The van der Waals surface area contributed by atoms with Crippen molar-refractivity contribution in [2.24, 2.45) is 0 Å². The van der Waals surface area contributed by atoms with Gasteiger partial charge in [0.05, 0.1) is 11.5 Å². The van der Waals surface area contributed by atoms with Crippen LogP contribution in [0, 0.1) is 10.1 Å². The maximum absolute atomic E-state index is 10.9. The highest BCUT2D eigenvalue weighted by Gasteiger charge is 2.11. The van der Waals surface area contributed by atoms with Gasteiger partial charge in [0.25, 0.3) is 5.69 Å². The molecule has 0 heterocycles. The molecule has 2 aromatic carbocycles. The van der Waals surface area contributed by atoms with Crippen LogP contribution in [0.25, 0.3) is 0 Å². The maximum atomic E-state index is 10.9. The van der Waals surface area contributed by atoms with Gasteiger partial charge in [0.15, 0.2) is 0 Å². The molecule has 0 aliphatic rings. The minimum absolute atomic E-state index is 0.169. The summed E-state index contributed by atoms with van der Waals surface area (Å²) in [6, 6.07) is 14.5. The average molecular weight is 286 g/mol. The van der Waals surface area contributed by atoms with Gasteiger partial charge in [0.1, 0.15) is 5.75 Å². The Balaban J connectivity index is 1.95. The van der Waals surface area contributed by atoms with Crippen molar-refractivity contribution < 1.29 is 9.66 Å². The molecule has 2 aromatic rings. The number of ether oxygens (including phenoxy) is 1. The Morgan fingerprint density at radius 1 is 1.19 bits per heavy atom. The number of nitrogens with zero attached hydrogens (tertiary/aromatic N) is 1. The monoisotopic (exact) mass is 286 g/mol. The molecule has 21 heavy (non-hydrogen) atoms. The zero-order valence-electron chi connectivity index (χ0n) is 11.9. The second kappa shape index (κ2) is 7.28. The molecule has 0 unspecified atom stereocenters. The van der Waals surface area contributed by atoms with E-state index in [1.807, 2.05) is 37.3 Å². The topological polar surface area (TPSA) is 64.4 Å². The Kier molecular flexibility index (Phi) is 5.15. The third-order valence-corrected chi connectivity index (χ3v) is 3.06. The van der Waals surface area contributed by atoms with Gasteiger partial charge >= 0.3 is 0 Å². The van der Waals surface area contributed by atoms with E-state index in [9.17, 15) is 10.1 Å². The molecule has 0 amide bonds.